The molecule has 0 atom stereocenters. The number of aryl methyl sites for hydroxylation is 1. The molecule has 1 aliphatic rings. The Bertz CT molecular complexity index is 277. The van der Waals surface area contributed by atoms with E-state index in [2.05, 4.69) is 27.5 Å². The molecule has 0 aromatic carbocycles. The van der Waals surface area contributed by atoms with Crippen LogP contribution in [0.3, 0.4) is 0 Å². The van der Waals surface area contributed by atoms with Crippen LogP contribution in [-0.4, -0.2) is 36.1 Å². The van der Waals surface area contributed by atoms with Gasteiger partial charge in [-0.15, -0.1) is 11.3 Å². The minimum Gasteiger partial charge on any atom is -0.315 e. The zero-order chi connectivity index (χ0) is 9.80. The summed E-state index contributed by atoms with van der Waals surface area (Å²) in [4.78, 5) is 6.98. The summed E-state index contributed by atoms with van der Waals surface area (Å²) in [6.07, 6.45) is 1.25. The molecule has 1 aliphatic heterocycles. The van der Waals surface area contributed by atoms with Crippen molar-refractivity contribution in [2.45, 2.75) is 19.9 Å². The maximum atomic E-state index is 4.49. The van der Waals surface area contributed by atoms with Crippen LogP contribution in [0.1, 0.15) is 17.1 Å². The topological polar surface area (TPSA) is 28.2 Å². The van der Waals surface area contributed by atoms with Crippen LogP contribution < -0.4 is 5.32 Å². The number of thiazole rings is 1. The van der Waals surface area contributed by atoms with Crippen LogP contribution in [0.15, 0.2) is 5.38 Å². The first-order valence-electron chi connectivity index (χ1n) is 5.19. The van der Waals surface area contributed by atoms with E-state index in [4.69, 9.17) is 0 Å². The zero-order valence-corrected chi connectivity index (χ0v) is 9.44. The lowest BCUT2D eigenvalue weighted by atomic mass is 10.4. The fraction of sp³-hybridized carbons (Fsp3) is 0.700. The number of hydrogen-bond donors (Lipinski definition) is 1. The third-order valence-corrected chi connectivity index (χ3v) is 3.41. The SMILES string of the molecule is Cc1csc(CN2CCCNCC2)n1. The molecule has 0 bridgehead atoms. The Labute approximate surface area is 89.1 Å². The third-order valence-electron chi connectivity index (χ3n) is 2.46. The number of rotatable bonds is 2. The van der Waals surface area contributed by atoms with Crippen molar-refractivity contribution in [3.63, 3.8) is 0 Å². The summed E-state index contributed by atoms with van der Waals surface area (Å²) in [5, 5.41) is 6.79. The summed E-state index contributed by atoms with van der Waals surface area (Å²) < 4.78 is 0. The smallest absolute Gasteiger partial charge is 0.107 e. The number of aromatic nitrogens is 1. The van der Waals surface area contributed by atoms with Crippen molar-refractivity contribution in [2.75, 3.05) is 26.2 Å². The maximum absolute atomic E-state index is 4.49. The molecule has 1 saturated heterocycles. The van der Waals surface area contributed by atoms with Crippen molar-refractivity contribution in [1.82, 2.24) is 15.2 Å². The Morgan fingerprint density at radius 1 is 1.50 bits per heavy atom. The molecule has 0 saturated carbocycles. The normalized spacial score (nSPS) is 19.5. The average Bonchev–Trinajstić information content (AvgIpc) is 2.43. The molecule has 1 fully saturated rings. The molecule has 78 valence electrons. The summed E-state index contributed by atoms with van der Waals surface area (Å²) in [5.41, 5.74) is 1.15. The largest absolute Gasteiger partial charge is 0.315 e. The van der Waals surface area contributed by atoms with Crippen LogP contribution in [0.2, 0.25) is 0 Å². The highest BCUT2D eigenvalue weighted by Gasteiger charge is 2.10. The average molecular weight is 211 g/mol. The minimum absolute atomic E-state index is 1.03. The van der Waals surface area contributed by atoms with Gasteiger partial charge in [0, 0.05) is 24.2 Å². The first-order valence-corrected chi connectivity index (χ1v) is 6.06. The van der Waals surface area contributed by atoms with Crippen LogP contribution in [0.25, 0.3) is 0 Å². The molecule has 0 amide bonds. The molecule has 14 heavy (non-hydrogen) atoms. The molecule has 2 rings (SSSR count). The van der Waals surface area contributed by atoms with Gasteiger partial charge in [0.25, 0.3) is 0 Å². The van der Waals surface area contributed by atoms with Gasteiger partial charge in [-0.3, -0.25) is 4.90 Å². The molecule has 1 N–H and O–H groups in total. The quantitative estimate of drug-likeness (QED) is 0.798. The molecule has 2 heterocycles. The molecule has 0 aliphatic carbocycles. The lowest BCUT2D eigenvalue weighted by molar-refractivity contribution is 0.284. The highest BCUT2D eigenvalue weighted by atomic mass is 32.1. The first kappa shape index (κ1) is 10.1. The minimum atomic E-state index is 1.03. The summed E-state index contributed by atoms with van der Waals surface area (Å²) in [7, 11) is 0. The van der Waals surface area contributed by atoms with E-state index in [0.717, 1.165) is 31.9 Å². The lowest BCUT2D eigenvalue weighted by Crippen LogP contribution is -2.27. The molecular weight excluding hydrogens is 194 g/mol. The van der Waals surface area contributed by atoms with Crippen molar-refractivity contribution in [2.24, 2.45) is 0 Å². The summed E-state index contributed by atoms with van der Waals surface area (Å²) in [6.45, 7) is 7.71. The van der Waals surface area contributed by atoms with Crippen LogP contribution >= 0.6 is 11.3 Å². The fourth-order valence-electron chi connectivity index (χ4n) is 1.73. The summed E-state index contributed by atoms with van der Waals surface area (Å²) >= 11 is 1.78. The van der Waals surface area contributed by atoms with Crippen LogP contribution in [-0.2, 0) is 6.54 Å². The van der Waals surface area contributed by atoms with Gasteiger partial charge in [-0.05, 0) is 26.4 Å². The molecule has 0 spiro atoms. The van der Waals surface area contributed by atoms with Gasteiger partial charge in [0.15, 0.2) is 0 Å². The summed E-state index contributed by atoms with van der Waals surface area (Å²) in [6, 6.07) is 0. The van der Waals surface area contributed by atoms with E-state index in [0.29, 0.717) is 0 Å². The Kier molecular flexibility index (Phi) is 3.50. The molecule has 3 nitrogen and oxygen atoms in total. The highest BCUT2D eigenvalue weighted by Crippen LogP contribution is 2.11. The fourth-order valence-corrected chi connectivity index (χ4v) is 2.54. The van der Waals surface area contributed by atoms with E-state index < -0.39 is 0 Å². The molecule has 1 aromatic rings. The first-order chi connectivity index (χ1) is 6.84. The van der Waals surface area contributed by atoms with E-state index in [1.54, 1.807) is 11.3 Å². The van der Waals surface area contributed by atoms with E-state index in [9.17, 15) is 0 Å². The predicted octanol–water partition coefficient (Wildman–Crippen LogP) is 1.25. The van der Waals surface area contributed by atoms with E-state index >= 15 is 0 Å². The van der Waals surface area contributed by atoms with Gasteiger partial charge < -0.3 is 5.32 Å². The van der Waals surface area contributed by atoms with Crippen molar-refractivity contribution in [1.29, 1.82) is 0 Å². The maximum Gasteiger partial charge on any atom is 0.107 e. The van der Waals surface area contributed by atoms with Crippen LogP contribution in [0.4, 0.5) is 0 Å². The van der Waals surface area contributed by atoms with E-state index in [1.165, 1.54) is 18.0 Å². The molecule has 0 unspecified atom stereocenters. The van der Waals surface area contributed by atoms with Crippen LogP contribution in [0.5, 0.6) is 0 Å². The van der Waals surface area contributed by atoms with Gasteiger partial charge in [-0.1, -0.05) is 0 Å². The second kappa shape index (κ2) is 4.87. The Hall–Kier alpha value is -0.450. The van der Waals surface area contributed by atoms with Gasteiger partial charge in [0.2, 0.25) is 0 Å². The third kappa shape index (κ3) is 2.77. The van der Waals surface area contributed by atoms with Crippen molar-refractivity contribution in [3.05, 3.63) is 16.1 Å². The Morgan fingerprint density at radius 2 is 2.43 bits per heavy atom. The highest BCUT2D eigenvalue weighted by molar-refractivity contribution is 7.09. The number of nitrogens with zero attached hydrogens (tertiary/aromatic N) is 2. The number of nitrogens with one attached hydrogen (secondary N) is 1. The molecule has 4 heteroatoms. The standard InChI is InChI=1S/C10H17N3S/c1-9-8-14-10(12-9)7-13-5-2-3-11-4-6-13/h8,11H,2-7H2,1H3. The van der Waals surface area contributed by atoms with Gasteiger partial charge in [0.1, 0.15) is 5.01 Å². The monoisotopic (exact) mass is 211 g/mol. The van der Waals surface area contributed by atoms with Crippen molar-refractivity contribution < 1.29 is 0 Å². The van der Waals surface area contributed by atoms with Gasteiger partial charge in [-0.25, -0.2) is 4.98 Å². The molecule has 1 aromatic heterocycles. The lowest BCUT2D eigenvalue weighted by Gasteiger charge is -2.17. The Balaban J connectivity index is 1.89. The second-order valence-electron chi connectivity index (χ2n) is 3.76. The molecular formula is C10H17N3S. The van der Waals surface area contributed by atoms with Crippen LogP contribution in [0, 0.1) is 6.92 Å². The predicted molar refractivity (Wildman–Crippen MR) is 59.6 cm³/mol. The Morgan fingerprint density at radius 3 is 3.21 bits per heavy atom. The van der Waals surface area contributed by atoms with Crippen molar-refractivity contribution >= 4 is 11.3 Å². The summed E-state index contributed by atoms with van der Waals surface area (Å²) in [5.74, 6) is 0. The van der Waals surface area contributed by atoms with Gasteiger partial charge >= 0.3 is 0 Å². The second-order valence-corrected chi connectivity index (χ2v) is 4.70. The van der Waals surface area contributed by atoms with E-state index in [-0.39, 0.29) is 0 Å². The number of hydrogen-bond acceptors (Lipinski definition) is 4. The zero-order valence-electron chi connectivity index (χ0n) is 8.62. The van der Waals surface area contributed by atoms with Crippen molar-refractivity contribution in [3.8, 4) is 0 Å². The van der Waals surface area contributed by atoms with E-state index in [1.807, 2.05) is 0 Å². The molecule has 0 radical (unpaired) electrons. The van der Waals surface area contributed by atoms with Gasteiger partial charge in [-0.2, -0.15) is 0 Å². The van der Waals surface area contributed by atoms with Gasteiger partial charge in [0.05, 0.1) is 6.54 Å².